The molecule has 2 N–H and O–H groups in total. The maximum atomic E-state index is 13.1. The number of hydrogen-bond acceptors (Lipinski definition) is 7. The topological polar surface area (TPSA) is 127 Å². The summed E-state index contributed by atoms with van der Waals surface area (Å²) in [7, 11) is -4.04. The lowest BCUT2D eigenvalue weighted by atomic mass is 10.2. The van der Waals surface area contributed by atoms with Crippen LogP contribution in [-0.4, -0.2) is 24.5 Å². The van der Waals surface area contributed by atoms with Crippen molar-refractivity contribution in [3.63, 3.8) is 0 Å². The molecule has 0 aliphatic rings. The molecule has 0 bridgehead atoms. The van der Waals surface area contributed by atoms with Crippen molar-refractivity contribution in [2.24, 2.45) is 0 Å². The lowest BCUT2D eigenvalue weighted by Gasteiger charge is -2.12. The molecule has 2 aromatic carbocycles. The van der Waals surface area contributed by atoms with Gasteiger partial charge in [0.05, 0.1) is 22.4 Å². The SMILES string of the molecule is O=C(Nc1nnc(-c2ccco2)o1)c1ccccc1NS(=O)(=O)c1ccc(F)cc1. The second kappa shape index (κ2) is 7.79. The van der Waals surface area contributed by atoms with Crippen LogP contribution in [0.15, 0.2) is 80.7 Å². The second-order valence-corrected chi connectivity index (χ2v) is 7.63. The van der Waals surface area contributed by atoms with Crippen molar-refractivity contribution in [1.29, 1.82) is 0 Å². The fraction of sp³-hybridized carbons (Fsp3) is 0. The third kappa shape index (κ3) is 4.05. The molecule has 0 saturated heterocycles. The fourth-order valence-electron chi connectivity index (χ4n) is 2.53. The van der Waals surface area contributed by atoms with Crippen LogP contribution in [0.2, 0.25) is 0 Å². The van der Waals surface area contributed by atoms with Gasteiger partial charge in [-0.25, -0.2) is 12.8 Å². The van der Waals surface area contributed by atoms with Gasteiger partial charge in [0.1, 0.15) is 5.82 Å². The van der Waals surface area contributed by atoms with E-state index in [-0.39, 0.29) is 28.1 Å². The highest BCUT2D eigenvalue weighted by molar-refractivity contribution is 7.92. The Morgan fingerprint density at radius 2 is 1.73 bits per heavy atom. The number of anilines is 2. The van der Waals surface area contributed by atoms with Crippen molar-refractivity contribution in [3.05, 3.63) is 78.3 Å². The Labute approximate surface area is 169 Å². The van der Waals surface area contributed by atoms with Gasteiger partial charge in [-0.3, -0.25) is 14.8 Å². The average Bonchev–Trinajstić information content (AvgIpc) is 3.40. The molecule has 0 atom stereocenters. The van der Waals surface area contributed by atoms with E-state index in [4.69, 9.17) is 8.83 Å². The van der Waals surface area contributed by atoms with Gasteiger partial charge in [0.25, 0.3) is 21.8 Å². The number of benzene rings is 2. The van der Waals surface area contributed by atoms with Crippen LogP contribution in [0.3, 0.4) is 0 Å². The largest absolute Gasteiger partial charge is 0.459 e. The monoisotopic (exact) mass is 428 g/mol. The summed E-state index contributed by atoms with van der Waals surface area (Å²) in [5, 5.41) is 9.89. The molecule has 0 unspecified atom stereocenters. The van der Waals surface area contributed by atoms with Crippen molar-refractivity contribution in [3.8, 4) is 11.7 Å². The lowest BCUT2D eigenvalue weighted by molar-refractivity contribution is 0.102. The summed E-state index contributed by atoms with van der Waals surface area (Å²) in [5.74, 6) is -0.847. The Hall–Kier alpha value is -3.99. The van der Waals surface area contributed by atoms with Gasteiger partial charge >= 0.3 is 6.01 Å². The van der Waals surface area contributed by atoms with Crippen LogP contribution < -0.4 is 10.0 Å². The predicted octanol–water partition coefficient (Wildman–Crippen LogP) is 3.52. The summed E-state index contributed by atoms with van der Waals surface area (Å²) in [6.45, 7) is 0. The van der Waals surface area contributed by atoms with E-state index >= 15 is 0 Å². The van der Waals surface area contributed by atoms with E-state index < -0.39 is 21.7 Å². The van der Waals surface area contributed by atoms with Crippen LogP contribution in [0.25, 0.3) is 11.7 Å². The number of rotatable bonds is 6. The maximum absolute atomic E-state index is 13.1. The number of amides is 1. The molecule has 0 saturated carbocycles. The van der Waals surface area contributed by atoms with Crippen molar-refractivity contribution in [2.45, 2.75) is 4.90 Å². The summed E-state index contributed by atoms with van der Waals surface area (Å²) in [4.78, 5) is 12.5. The van der Waals surface area contributed by atoms with Gasteiger partial charge in [0.15, 0.2) is 5.76 Å². The first kappa shape index (κ1) is 19.3. The zero-order valence-electron chi connectivity index (χ0n) is 15.1. The van der Waals surface area contributed by atoms with E-state index in [1.165, 1.54) is 18.4 Å². The van der Waals surface area contributed by atoms with E-state index in [2.05, 4.69) is 20.2 Å². The van der Waals surface area contributed by atoms with Crippen molar-refractivity contribution in [1.82, 2.24) is 10.2 Å². The normalized spacial score (nSPS) is 11.2. The minimum atomic E-state index is -4.04. The van der Waals surface area contributed by atoms with E-state index in [1.54, 1.807) is 24.3 Å². The standard InChI is InChI=1S/C19H13FN4O5S/c20-12-7-9-13(10-8-12)30(26,27)24-15-5-2-1-4-14(15)17(25)21-19-23-22-18(29-19)16-6-3-11-28-16/h1-11,24H,(H,21,23,25). The highest BCUT2D eigenvalue weighted by Gasteiger charge is 2.20. The molecule has 1 amide bonds. The molecule has 0 aliphatic heterocycles. The van der Waals surface area contributed by atoms with E-state index in [0.717, 1.165) is 24.3 Å². The van der Waals surface area contributed by atoms with Gasteiger partial charge in [0, 0.05) is 0 Å². The van der Waals surface area contributed by atoms with Crippen LogP contribution in [0.4, 0.5) is 16.1 Å². The van der Waals surface area contributed by atoms with Gasteiger partial charge in [-0.15, -0.1) is 5.10 Å². The molecule has 0 fully saturated rings. The number of hydrogen-bond donors (Lipinski definition) is 2. The summed E-state index contributed by atoms with van der Waals surface area (Å²) >= 11 is 0. The fourth-order valence-corrected chi connectivity index (χ4v) is 3.61. The van der Waals surface area contributed by atoms with Crippen LogP contribution in [-0.2, 0) is 10.0 Å². The van der Waals surface area contributed by atoms with Crippen molar-refractivity contribution in [2.75, 3.05) is 10.0 Å². The molecular weight excluding hydrogens is 415 g/mol. The Morgan fingerprint density at radius 3 is 2.47 bits per heavy atom. The van der Waals surface area contributed by atoms with Crippen LogP contribution >= 0.6 is 0 Å². The Kier molecular flexibility index (Phi) is 5.02. The smallest absolute Gasteiger partial charge is 0.322 e. The zero-order chi connectivity index (χ0) is 21.1. The molecule has 4 aromatic rings. The molecule has 30 heavy (non-hydrogen) atoms. The summed E-state index contributed by atoms with van der Waals surface area (Å²) < 4.78 is 51.0. The number of sulfonamides is 1. The molecule has 152 valence electrons. The quantitative estimate of drug-likeness (QED) is 0.481. The molecule has 9 nitrogen and oxygen atoms in total. The molecule has 0 aliphatic carbocycles. The number of carbonyl (C=O) groups is 1. The number of carbonyl (C=O) groups excluding carboxylic acids is 1. The molecule has 2 aromatic heterocycles. The first-order chi connectivity index (χ1) is 14.4. The summed E-state index contributed by atoms with van der Waals surface area (Å²) in [5.41, 5.74) is 0.0334. The van der Waals surface area contributed by atoms with E-state index in [1.807, 2.05) is 0 Å². The maximum Gasteiger partial charge on any atom is 0.322 e. The van der Waals surface area contributed by atoms with Crippen LogP contribution in [0.1, 0.15) is 10.4 Å². The first-order valence-electron chi connectivity index (χ1n) is 8.48. The third-order valence-corrected chi connectivity index (χ3v) is 5.30. The zero-order valence-corrected chi connectivity index (χ0v) is 15.9. The Balaban J connectivity index is 1.55. The first-order valence-corrected chi connectivity index (χ1v) is 9.97. The van der Waals surface area contributed by atoms with Gasteiger partial charge in [-0.2, -0.15) is 0 Å². The molecule has 2 heterocycles. The lowest BCUT2D eigenvalue weighted by Crippen LogP contribution is -2.18. The number of aromatic nitrogens is 2. The molecule has 0 radical (unpaired) electrons. The minimum Gasteiger partial charge on any atom is -0.459 e. The Morgan fingerprint density at radius 1 is 0.967 bits per heavy atom. The average molecular weight is 428 g/mol. The highest BCUT2D eigenvalue weighted by atomic mass is 32.2. The van der Waals surface area contributed by atoms with E-state index in [9.17, 15) is 17.6 Å². The number of para-hydroxylation sites is 1. The van der Waals surface area contributed by atoms with Crippen molar-refractivity contribution >= 4 is 27.6 Å². The molecule has 4 rings (SSSR count). The van der Waals surface area contributed by atoms with Crippen LogP contribution in [0.5, 0.6) is 0 Å². The van der Waals surface area contributed by atoms with Crippen molar-refractivity contribution < 1.29 is 26.4 Å². The van der Waals surface area contributed by atoms with Gasteiger partial charge in [-0.1, -0.05) is 17.2 Å². The number of furan rings is 1. The third-order valence-electron chi connectivity index (χ3n) is 3.92. The van der Waals surface area contributed by atoms with Gasteiger partial charge < -0.3 is 8.83 Å². The molecule has 11 heteroatoms. The van der Waals surface area contributed by atoms with Gasteiger partial charge in [0.2, 0.25) is 0 Å². The van der Waals surface area contributed by atoms with Crippen LogP contribution in [0, 0.1) is 5.82 Å². The van der Waals surface area contributed by atoms with Gasteiger partial charge in [-0.05, 0) is 48.5 Å². The number of halogens is 1. The Bertz CT molecular complexity index is 1280. The highest BCUT2D eigenvalue weighted by Crippen LogP contribution is 2.23. The molecular formula is C19H13FN4O5S. The number of nitrogens with one attached hydrogen (secondary N) is 2. The summed E-state index contributed by atoms with van der Waals surface area (Å²) in [6.07, 6.45) is 1.43. The number of nitrogens with zero attached hydrogens (tertiary/aromatic N) is 2. The minimum absolute atomic E-state index is 0.0148. The predicted molar refractivity (Wildman–Crippen MR) is 104 cm³/mol. The second-order valence-electron chi connectivity index (χ2n) is 5.95. The van der Waals surface area contributed by atoms with E-state index in [0.29, 0.717) is 5.76 Å². The molecule has 0 spiro atoms. The summed E-state index contributed by atoms with van der Waals surface area (Å²) in [6, 6.07) is 13.3.